The minimum absolute atomic E-state index is 0.122. The molecule has 0 aliphatic rings. The summed E-state index contributed by atoms with van der Waals surface area (Å²) < 4.78 is 0. The summed E-state index contributed by atoms with van der Waals surface area (Å²) in [5.74, 6) is 0.291. The average molecular weight is 317 g/mol. The van der Waals surface area contributed by atoms with E-state index in [0.717, 1.165) is 17.5 Å². The fraction of sp³-hybridized carbons (Fsp3) is 0.0952. The Bertz CT molecular complexity index is 870. The number of rotatable bonds is 4. The monoisotopic (exact) mass is 317 g/mol. The van der Waals surface area contributed by atoms with Gasteiger partial charge in [0.2, 0.25) is 0 Å². The van der Waals surface area contributed by atoms with Crippen LogP contribution in [-0.2, 0) is 6.42 Å². The van der Waals surface area contributed by atoms with Gasteiger partial charge in [0.1, 0.15) is 17.2 Å². The van der Waals surface area contributed by atoms with Gasteiger partial charge in [0.15, 0.2) is 0 Å². The molecule has 0 unspecified atom stereocenters. The second-order valence-corrected chi connectivity index (χ2v) is 5.81. The molecule has 0 spiro atoms. The first-order chi connectivity index (χ1) is 11.6. The van der Waals surface area contributed by atoms with E-state index >= 15 is 0 Å². The minimum atomic E-state index is 0.122. The van der Waals surface area contributed by atoms with Gasteiger partial charge >= 0.3 is 0 Å². The first-order valence-corrected chi connectivity index (χ1v) is 7.81. The molecule has 0 fully saturated rings. The Balaban J connectivity index is 1.86. The van der Waals surface area contributed by atoms with E-state index < -0.39 is 0 Å². The Morgan fingerprint density at radius 1 is 0.833 bits per heavy atom. The van der Waals surface area contributed by atoms with Crippen LogP contribution in [0, 0.1) is 6.92 Å². The van der Waals surface area contributed by atoms with Gasteiger partial charge in [-0.25, -0.2) is 0 Å². The van der Waals surface area contributed by atoms with Crippen LogP contribution in [0.15, 0.2) is 71.7 Å². The van der Waals surface area contributed by atoms with Gasteiger partial charge in [-0.2, -0.15) is 0 Å². The first kappa shape index (κ1) is 15.8. The molecule has 0 amide bonds. The summed E-state index contributed by atoms with van der Waals surface area (Å²) in [7, 11) is 0. The molecule has 120 valence electrons. The maximum Gasteiger partial charge on any atom is 0.141 e. The molecule has 0 aromatic heterocycles. The molecule has 24 heavy (non-hydrogen) atoms. The van der Waals surface area contributed by atoms with Gasteiger partial charge < -0.3 is 10.2 Å². The molecule has 0 aliphatic carbocycles. The molecular formula is C21H19NO2. The smallest absolute Gasteiger partial charge is 0.141 e. The molecule has 0 bridgehead atoms. The van der Waals surface area contributed by atoms with Crippen LogP contribution in [0.4, 0.5) is 5.69 Å². The number of phenolic OH excluding ortho intramolecular Hbond substituents is 2. The number of nitrogens with zero attached hydrogens (tertiary/aromatic N) is 1. The molecule has 3 rings (SSSR count). The molecule has 0 heterocycles. The van der Waals surface area contributed by atoms with E-state index in [0.29, 0.717) is 11.3 Å². The van der Waals surface area contributed by atoms with Crippen LogP contribution in [0.1, 0.15) is 22.3 Å². The highest BCUT2D eigenvalue weighted by Gasteiger charge is 2.03. The van der Waals surface area contributed by atoms with Crippen molar-refractivity contribution in [3.05, 3.63) is 89.0 Å². The predicted octanol–water partition coefficient (Wildman–Crippen LogP) is 4.75. The number of hydrogen-bond acceptors (Lipinski definition) is 3. The molecule has 0 saturated carbocycles. The van der Waals surface area contributed by atoms with Gasteiger partial charge in [-0.15, -0.1) is 0 Å². The number of aromatic hydroxyl groups is 2. The van der Waals surface area contributed by atoms with Crippen molar-refractivity contribution >= 4 is 11.9 Å². The van der Waals surface area contributed by atoms with Gasteiger partial charge in [0, 0.05) is 11.8 Å². The number of aryl methyl sites for hydroxylation is 1. The van der Waals surface area contributed by atoms with E-state index in [4.69, 9.17) is 0 Å². The molecule has 3 heteroatoms. The first-order valence-electron chi connectivity index (χ1n) is 7.81. The Hall–Kier alpha value is -3.07. The van der Waals surface area contributed by atoms with Crippen LogP contribution in [0.2, 0.25) is 0 Å². The van der Waals surface area contributed by atoms with Gasteiger partial charge in [0.05, 0.1) is 0 Å². The maximum absolute atomic E-state index is 10.0. The lowest BCUT2D eigenvalue weighted by atomic mass is 10.0. The number of benzene rings is 3. The molecule has 0 atom stereocenters. The Labute approximate surface area is 141 Å². The van der Waals surface area contributed by atoms with Crippen LogP contribution >= 0.6 is 0 Å². The van der Waals surface area contributed by atoms with Crippen LogP contribution < -0.4 is 0 Å². The highest BCUT2D eigenvalue weighted by atomic mass is 16.3. The largest absolute Gasteiger partial charge is 0.507 e. The predicted molar refractivity (Wildman–Crippen MR) is 97.5 cm³/mol. The third kappa shape index (κ3) is 3.82. The van der Waals surface area contributed by atoms with Gasteiger partial charge in [0.25, 0.3) is 0 Å². The van der Waals surface area contributed by atoms with Crippen molar-refractivity contribution in [2.24, 2.45) is 4.99 Å². The molecule has 0 aliphatic heterocycles. The van der Waals surface area contributed by atoms with E-state index in [-0.39, 0.29) is 11.5 Å². The fourth-order valence-corrected chi connectivity index (χ4v) is 2.52. The Kier molecular flexibility index (Phi) is 4.62. The summed E-state index contributed by atoms with van der Waals surface area (Å²) >= 11 is 0. The fourth-order valence-electron chi connectivity index (χ4n) is 2.52. The maximum atomic E-state index is 10.0. The third-order valence-electron chi connectivity index (χ3n) is 3.82. The standard InChI is InChI=1S/C21H19NO2/c1-15-7-9-21(24)19(11-15)22-14-18-13-17(8-10-20(18)23)12-16-5-3-2-4-6-16/h2-11,13-14,23-24H,12H2,1H3. The average Bonchev–Trinajstić information content (AvgIpc) is 2.59. The number of phenols is 2. The van der Waals surface area contributed by atoms with E-state index in [1.807, 2.05) is 43.3 Å². The zero-order chi connectivity index (χ0) is 16.9. The summed E-state index contributed by atoms with van der Waals surface area (Å²) in [6.07, 6.45) is 2.37. The topological polar surface area (TPSA) is 52.8 Å². The summed E-state index contributed by atoms with van der Waals surface area (Å²) in [4.78, 5) is 4.31. The van der Waals surface area contributed by atoms with Crippen LogP contribution in [0.3, 0.4) is 0 Å². The molecular weight excluding hydrogens is 298 g/mol. The van der Waals surface area contributed by atoms with Gasteiger partial charge in [-0.1, -0.05) is 42.5 Å². The minimum Gasteiger partial charge on any atom is -0.507 e. The summed E-state index contributed by atoms with van der Waals surface area (Å²) in [5, 5.41) is 19.9. The molecule has 2 N–H and O–H groups in total. The number of aliphatic imine (C=N–C) groups is 1. The van der Waals surface area contributed by atoms with Crippen molar-refractivity contribution in [3.8, 4) is 11.5 Å². The van der Waals surface area contributed by atoms with E-state index in [2.05, 4.69) is 17.1 Å². The Morgan fingerprint density at radius 3 is 2.38 bits per heavy atom. The molecule has 0 radical (unpaired) electrons. The van der Waals surface area contributed by atoms with Crippen LogP contribution in [0.5, 0.6) is 11.5 Å². The second kappa shape index (κ2) is 7.01. The quantitative estimate of drug-likeness (QED) is 0.682. The van der Waals surface area contributed by atoms with Crippen molar-refractivity contribution in [3.63, 3.8) is 0 Å². The second-order valence-electron chi connectivity index (χ2n) is 5.81. The van der Waals surface area contributed by atoms with Crippen molar-refractivity contribution in [2.75, 3.05) is 0 Å². The zero-order valence-electron chi connectivity index (χ0n) is 13.5. The van der Waals surface area contributed by atoms with E-state index in [1.165, 1.54) is 5.56 Å². The Morgan fingerprint density at radius 2 is 1.58 bits per heavy atom. The SMILES string of the molecule is Cc1ccc(O)c(N=Cc2cc(Cc3ccccc3)ccc2O)c1. The lowest BCUT2D eigenvalue weighted by Crippen LogP contribution is -1.91. The highest BCUT2D eigenvalue weighted by Crippen LogP contribution is 2.27. The van der Waals surface area contributed by atoms with E-state index in [1.54, 1.807) is 24.4 Å². The highest BCUT2D eigenvalue weighted by molar-refractivity contribution is 5.86. The molecule has 3 aromatic rings. The zero-order valence-corrected chi connectivity index (χ0v) is 13.5. The van der Waals surface area contributed by atoms with Crippen LogP contribution in [0.25, 0.3) is 0 Å². The van der Waals surface area contributed by atoms with Crippen LogP contribution in [-0.4, -0.2) is 16.4 Å². The molecule has 0 saturated heterocycles. The van der Waals surface area contributed by atoms with Crippen molar-refractivity contribution < 1.29 is 10.2 Å². The lowest BCUT2D eigenvalue weighted by Gasteiger charge is -2.05. The van der Waals surface area contributed by atoms with Gasteiger partial charge in [-0.3, -0.25) is 4.99 Å². The lowest BCUT2D eigenvalue weighted by molar-refractivity contribution is 0.473. The normalized spacial score (nSPS) is 11.0. The van der Waals surface area contributed by atoms with Crippen molar-refractivity contribution in [1.82, 2.24) is 0 Å². The van der Waals surface area contributed by atoms with Crippen molar-refractivity contribution in [1.29, 1.82) is 0 Å². The van der Waals surface area contributed by atoms with Gasteiger partial charge in [-0.05, 0) is 54.3 Å². The molecule has 3 nitrogen and oxygen atoms in total. The summed E-state index contributed by atoms with van der Waals surface area (Å²) in [6.45, 7) is 1.94. The number of hydrogen-bond donors (Lipinski definition) is 2. The summed E-state index contributed by atoms with van der Waals surface area (Å²) in [5.41, 5.74) is 4.44. The van der Waals surface area contributed by atoms with E-state index in [9.17, 15) is 10.2 Å². The summed E-state index contributed by atoms with van der Waals surface area (Å²) in [6, 6.07) is 20.9. The van der Waals surface area contributed by atoms with Crippen molar-refractivity contribution in [2.45, 2.75) is 13.3 Å². The molecule has 3 aromatic carbocycles. The third-order valence-corrected chi connectivity index (χ3v) is 3.82.